The molecule has 0 radical (unpaired) electrons. The van der Waals surface area contributed by atoms with E-state index in [-0.39, 0.29) is 11.9 Å². The molecule has 37 heavy (non-hydrogen) atoms. The monoisotopic (exact) mass is 498 g/mol. The van der Waals surface area contributed by atoms with Crippen molar-refractivity contribution in [2.24, 2.45) is 0 Å². The lowest BCUT2D eigenvalue weighted by atomic mass is 9.97. The van der Waals surface area contributed by atoms with Crippen molar-refractivity contribution in [1.29, 1.82) is 0 Å². The molecule has 4 aromatic heterocycles. The minimum atomic E-state index is -0.790. The molecule has 3 N–H and O–H groups in total. The molecule has 0 spiro atoms. The summed E-state index contributed by atoms with van der Waals surface area (Å²) in [5.41, 5.74) is 3.43. The summed E-state index contributed by atoms with van der Waals surface area (Å²) in [5.74, 6) is -0.213. The second kappa shape index (κ2) is 9.98. The van der Waals surface area contributed by atoms with Gasteiger partial charge in [0.1, 0.15) is 11.6 Å². The largest absolute Gasteiger partial charge is 0.367 e. The van der Waals surface area contributed by atoms with E-state index in [0.29, 0.717) is 22.7 Å². The van der Waals surface area contributed by atoms with Gasteiger partial charge in [-0.1, -0.05) is 18.2 Å². The number of fused-ring (bicyclic) bond motifs is 1. The fraction of sp³-hybridized carbons (Fsp3) is 0.222. The molecule has 4 aromatic rings. The van der Waals surface area contributed by atoms with E-state index in [0.717, 1.165) is 66.8 Å². The number of halogens is 2. The Morgan fingerprint density at radius 1 is 0.973 bits per heavy atom. The van der Waals surface area contributed by atoms with Gasteiger partial charge in [0, 0.05) is 29.6 Å². The van der Waals surface area contributed by atoms with Gasteiger partial charge < -0.3 is 16.0 Å². The van der Waals surface area contributed by atoms with Crippen molar-refractivity contribution in [1.82, 2.24) is 30.2 Å². The third-order valence-electron chi connectivity index (χ3n) is 6.46. The molecule has 186 valence electrons. The molecule has 8 nitrogen and oxygen atoms in total. The Labute approximate surface area is 212 Å². The summed E-state index contributed by atoms with van der Waals surface area (Å²) < 4.78 is 27.7. The summed E-state index contributed by atoms with van der Waals surface area (Å²) in [7, 11) is 0. The van der Waals surface area contributed by atoms with Crippen LogP contribution in [-0.2, 0) is 0 Å². The van der Waals surface area contributed by atoms with E-state index in [1.54, 1.807) is 24.5 Å². The average molecular weight is 499 g/mol. The van der Waals surface area contributed by atoms with Crippen LogP contribution in [0.1, 0.15) is 24.8 Å². The molecule has 0 bridgehead atoms. The number of hydrogen-bond donors (Lipinski definition) is 3. The van der Waals surface area contributed by atoms with Gasteiger partial charge in [0.05, 0.1) is 17.1 Å². The van der Waals surface area contributed by atoms with Crippen molar-refractivity contribution in [3.05, 3.63) is 78.4 Å². The number of anilines is 3. The maximum atomic E-state index is 14.1. The van der Waals surface area contributed by atoms with Crippen LogP contribution >= 0.6 is 0 Å². The maximum Gasteiger partial charge on any atom is 0.214 e. The van der Waals surface area contributed by atoms with Gasteiger partial charge in [0.15, 0.2) is 17.5 Å². The number of allylic oxidation sites excluding steroid dienone is 4. The van der Waals surface area contributed by atoms with Gasteiger partial charge in [-0.05, 0) is 62.2 Å². The molecule has 1 aliphatic carbocycles. The van der Waals surface area contributed by atoms with Crippen LogP contribution in [0.5, 0.6) is 0 Å². The van der Waals surface area contributed by atoms with Gasteiger partial charge in [-0.15, -0.1) is 0 Å². The molecule has 0 saturated carbocycles. The molecule has 1 atom stereocenters. The van der Waals surface area contributed by atoms with Gasteiger partial charge in [-0.2, -0.15) is 9.37 Å². The second-order valence-corrected chi connectivity index (χ2v) is 9.00. The van der Waals surface area contributed by atoms with Crippen molar-refractivity contribution in [2.45, 2.75) is 25.3 Å². The van der Waals surface area contributed by atoms with Crippen LogP contribution in [0.25, 0.3) is 27.9 Å². The van der Waals surface area contributed by atoms with Gasteiger partial charge in [-0.25, -0.2) is 19.3 Å². The highest BCUT2D eigenvalue weighted by Gasteiger charge is 2.20. The van der Waals surface area contributed by atoms with Crippen LogP contribution in [-0.4, -0.2) is 44.1 Å². The van der Waals surface area contributed by atoms with Crippen LogP contribution in [0.2, 0.25) is 0 Å². The standard InChI is InChI=1S/C27H24F2N8/c28-20-6-7-22(29)35-26(20)36-23-13-17(8-12-32-23)25-34-21-15-31-14-19(16-3-1-4-16)24(21)27(37-25)33-18-5-2-10-30-11-9-18/h1,3-4,6-8,12-15,18,30H,2,5,9-11H2,(H,32,35,36)(H,33,34,37). The third kappa shape index (κ3) is 4.88. The van der Waals surface area contributed by atoms with E-state index in [9.17, 15) is 8.78 Å². The highest BCUT2D eigenvalue weighted by Crippen LogP contribution is 2.34. The Balaban J connectivity index is 1.41. The summed E-state index contributed by atoms with van der Waals surface area (Å²) in [5, 5.41) is 10.8. The van der Waals surface area contributed by atoms with Crippen LogP contribution in [0.15, 0.2) is 61.1 Å². The minimum Gasteiger partial charge on any atom is -0.367 e. The summed E-state index contributed by atoms with van der Waals surface area (Å²) in [6, 6.07) is 5.70. The van der Waals surface area contributed by atoms with E-state index in [1.165, 1.54) is 0 Å². The van der Waals surface area contributed by atoms with Crippen molar-refractivity contribution >= 4 is 33.9 Å². The van der Waals surface area contributed by atoms with Gasteiger partial charge in [0.2, 0.25) is 5.95 Å². The Kier molecular flexibility index (Phi) is 6.23. The lowest BCUT2D eigenvalue weighted by Crippen LogP contribution is -2.22. The summed E-state index contributed by atoms with van der Waals surface area (Å²) >= 11 is 0. The first-order valence-electron chi connectivity index (χ1n) is 12.2. The number of nitrogens with one attached hydrogen (secondary N) is 3. The number of aromatic nitrogens is 5. The van der Waals surface area contributed by atoms with Gasteiger partial charge >= 0.3 is 0 Å². The highest BCUT2D eigenvalue weighted by atomic mass is 19.1. The van der Waals surface area contributed by atoms with Crippen LogP contribution in [0, 0.1) is 11.8 Å². The number of nitrogens with zero attached hydrogens (tertiary/aromatic N) is 5. The van der Waals surface area contributed by atoms with Crippen molar-refractivity contribution in [3.8, 4) is 11.4 Å². The normalized spacial score (nSPS) is 17.1. The first-order valence-corrected chi connectivity index (χ1v) is 12.2. The molecule has 1 saturated heterocycles. The molecule has 2 aliphatic rings. The molecule has 1 aliphatic heterocycles. The Morgan fingerprint density at radius 2 is 1.89 bits per heavy atom. The van der Waals surface area contributed by atoms with E-state index in [2.05, 4.69) is 30.9 Å². The smallest absolute Gasteiger partial charge is 0.214 e. The fourth-order valence-corrected chi connectivity index (χ4v) is 4.53. The van der Waals surface area contributed by atoms with Crippen molar-refractivity contribution < 1.29 is 8.78 Å². The average Bonchev–Trinajstić information content (AvgIpc) is 3.14. The molecular formula is C27H24F2N8. The second-order valence-electron chi connectivity index (χ2n) is 9.00. The number of rotatable bonds is 6. The summed E-state index contributed by atoms with van der Waals surface area (Å²) in [6.07, 6.45) is 14.3. The lowest BCUT2D eigenvalue weighted by Gasteiger charge is -2.20. The molecule has 0 amide bonds. The minimum absolute atomic E-state index is 0.246. The van der Waals surface area contributed by atoms with Gasteiger partial charge in [0.25, 0.3) is 0 Å². The fourth-order valence-electron chi connectivity index (χ4n) is 4.53. The zero-order valence-corrected chi connectivity index (χ0v) is 19.9. The molecule has 0 aromatic carbocycles. The topological polar surface area (TPSA) is 101 Å². The number of pyridine rings is 3. The number of hydrogen-bond acceptors (Lipinski definition) is 8. The molecule has 10 heteroatoms. The first-order chi connectivity index (χ1) is 18.1. The van der Waals surface area contributed by atoms with Crippen molar-refractivity contribution in [3.63, 3.8) is 0 Å². The lowest BCUT2D eigenvalue weighted by molar-refractivity contribution is 0.564. The van der Waals surface area contributed by atoms with Gasteiger partial charge in [-0.3, -0.25) is 4.98 Å². The van der Waals surface area contributed by atoms with E-state index < -0.39 is 11.8 Å². The van der Waals surface area contributed by atoms with Crippen molar-refractivity contribution in [2.75, 3.05) is 23.7 Å². The first kappa shape index (κ1) is 23.1. The Hall–Kier alpha value is -4.31. The molecule has 1 unspecified atom stereocenters. The summed E-state index contributed by atoms with van der Waals surface area (Å²) in [4.78, 5) is 22.0. The quantitative estimate of drug-likeness (QED) is 0.319. The predicted molar refractivity (Wildman–Crippen MR) is 139 cm³/mol. The molecule has 1 fully saturated rings. The van der Waals surface area contributed by atoms with E-state index in [1.807, 2.05) is 24.4 Å². The predicted octanol–water partition coefficient (Wildman–Crippen LogP) is 5.01. The molecule has 6 rings (SSSR count). The highest BCUT2D eigenvalue weighted by molar-refractivity contribution is 6.02. The Morgan fingerprint density at radius 3 is 2.76 bits per heavy atom. The van der Waals surface area contributed by atoms with E-state index >= 15 is 0 Å². The zero-order valence-electron chi connectivity index (χ0n) is 19.9. The zero-order chi connectivity index (χ0) is 25.2. The molecular weight excluding hydrogens is 474 g/mol. The third-order valence-corrected chi connectivity index (χ3v) is 6.46. The van der Waals surface area contributed by atoms with Crippen LogP contribution in [0.3, 0.4) is 0 Å². The summed E-state index contributed by atoms with van der Waals surface area (Å²) in [6.45, 7) is 1.95. The van der Waals surface area contributed by atoms with Crippen LogP contribution < -0.4 is 16.0 Å². The molecule has 5 heterocycles. The SMILES string of the molecule is Fc1ccc(F)c(Nc2cc(-c3nc(NC4CCCNCC4)c4c(C5=CC=C5)cncc4n3)ccn2)n1. The Bertz CT molecular complexity index is 1530. The van der Waals surface area contributed by atoms with E-state index in [4.69, 9.17) is 9.97 Å². The van der Waals surface area contributed by atoms with Crippen LogP contribution in [0.4, 0.5) is 26.2 Å². The maximum absolute atomic E-state index is 14.1.